The monoisotopic (exact) mass is 224 g/mol. The summed E-state index contributed by atoms with van der Waals surface area (Å²) in [7, 11) is 0. The lowest BCUT2D eigenvalue weighted by molar-refractivity contribution is -0.144. The average Bonchev–Trinajstić information content (AvgIpc) is 2.27. The van der Waals surface area contributed by atoms with Gasteiger partial charge in [-0.25, -0.2) is 0 Å². The van der Waals surface area contributed by atoms with E-state index in [0.29, 0.717) is 17.9 Å². The van der Waals surface area contributed by atoms with Crippen molar-refractivity contribution in [3.63, 3.8) is 0 Å². The molecule has 1 N–H and O–H groups in total. The third-order valence-electron chi connectivity index (χ3n) is 2.02. The van der Waals surface area contributed by atoms with Crippen LogP contribution in [-0.2, 0) is 9.53 Å². The van der Waals surface area contributed by atoms with Crippen LogP contribution in [0.2, 0.25) is 0 Å². The molecule has 0 radical (unpaired) electrons. The molecule has 1 unspecified atom stereocenters. The first-order valence-corrected chi connectivity index (χ1v) is 5.18. The minimum absolute atomic E-state index is 0.0561. The van der Waals surface area contributed by atoms with Gasteiger partial charge in [0, 0.05) is 12.5 Å². The summed E-state index contributed by atoms with van der Waals surface area (Å²) in [6.45, 7) is 3.65. The Labute approximate surface area is 94.8 Å². The molecule has 0 aliphatic rings. The molecule has 1 aromatic carbocycles. The van der Waals surface area contributed by atoms with Crippen LogP contribution in [-0.4, -0.2) is 24.3 Å². The van der Waals surface area contributed by atoms with Gasteiger partial charge < -0.3 is 14.6 Å². The van der Waals surface area contributed by atoms with Gasteiger partial charge in [0.05, 0.1) is 6.61 Å². The molecule has 0 bridgehead atoms. The van der Waals surface area contributed by atoms with E-state index >= 15 is 0 Å². The number of hydrogen-bond donors (Lipinski definition) is 1. The molecule has 4 nitrogen and oxygen atoms in total. The molecule has 0 spiro atoms. The van der Waals surface area contributed by atoms with Crippen LogP contribution in [0.15, 0.2) is 24.3 Å². The van der Waals surface area contributed by atoms with Crippen LogP contribution in [0.25, 0.3) is 0 Å². The van der Waals surface area contributed by atoms with Gasteiger partial charge in [0.15, 0.2) is 0 Å². The predicted molar refractivity (Wildman–Crippen MR) is 59.2 cm³/mol. The lowest BCUT2D eigenvalue weighted by Gasteiger charge is -2.15. The molecule has 0 saturated heterocycles. The Balaban J connectivity index is 2.73. The molecule has 4 heteroatoms. The van der Waals surface area contributed by atoms with Crippen LogP contribution in [0.4, 0.5) is 0 Å². The predicted octanol–water partition coefficient (Wildman–Crippen LogP) is 1.68. The molecule has 0 aliphatic carbocycles. The molecule has 0 saturated carbocycles. The van der Waals surface area contributed by atoms with E-state index in [-0.39, 0.29) is 6.61 Å². The van der Waals surface area contributed by atoms with Crippen LogP contribution in [0.5, 0.6) is 5.75 Å². The van der Waals surface area contributed by atoms with Crippen molar-refractivity contribution < 1.29 is 19.4 Å². The number of benzene rings is 1. The summed E-state index contributed by atoms with van der Waals surface area (Å²) < 4.78 is 10.1. The Hall–Kier alpha value is -1.55. The largest absolute Gasteiger partial charge is 0.493 e. The summed E-state index contributed by atoms with van der Waals surface area (Å²) in [6, 6.07) is 7.15. The number of para-hydroxylation sites is 1. The highest BCUT2D eigenvalue weighted by Gasteiger charge is 2.14. The summed E-state index contributed by atoms with van der Waals surface area (Å²) in [5.74, 6) is 0.206. The fraction of sp³-hybridized carbons (Fsp3) is 0.417. The number of aliphatic hydroxyl groups excluding tert-OH is 1. The molecule has 0 amide bonds. The summed E-state index contributed by atoms with van der Waals surface area (Å²) in [4.78, 5) is 10.6. The lowest BCUT2D eigenvalue weighted by Crippen LogP contribution is -2.11. The maximum atomic E-state index is 10.6. The summed E-state index contributed by atoms with van der Waals surface area (Å²) in [6.07, 6.45) is -0.855. The van der Waals surface area contributed by atoms with Crippen molar-refractivity contribution in [1.29, 1.82) is 0 Å². The van der Waals surface area contributed by atoms with E-state index < -0.39 is 12.1 Å². The fourth-order valence-electron chi connectivity index (χ4n) is 1.33. The number of carbonyl (C=O) groups is 1. The molecular formula is C12H16O4. The number of rotatable bonds is 5. The van der Waals surface area contributed by atoms with Crippen molar-refractivity contribution in [2.24, 2.45) is 0 Å². The number of esters is 1. The van der Waals surface area contributed by atoms with Gasteiger partial charge in [-0.05, 0) is 13.0 Å². The molecule has 1 aromatic rings. The smallest absolute Gasteiger partial charge is 0.302 e. The van der Waals surface area contributed by atoms with Gasteiger partial charge in [-0.1, -0.05) is 18.2 Å². The fourth-order valence-corrected chi connectivity index (χ4v) is 1.33. The van der Waals surface area contributed by atoms with Crippen molar-refractivity contribution in [1.82, 2.24) is 0 Å². The molecule has 88 valence electrons. The highest BCUT2D eigenvalue weighted by Crippen LogP contribution is 2.25. The molecule has 0 aliphatic heterocycles. The van der Waals surface area contributed by atoms with Crippen LogP contribution in [0, 0.1) is 0 Å². The molecule has 0 aromatic heterocycles. The van der Waals surface area contributed by atoms with E-state index in [4.69, 9.17) is 9.47 Å². The number of carbonyl (C=O) groups excluding carboxylic acids is 1. The number of hydrogen-bond acceptors (Lipinski definition) is 4. The quantitative estimate of drug-likeness (QED) is 0.773. The summed E-state index contributed by atoms with van der Waals surface area (Å²) in [5, 5.41) is 9.82. The van der Waals surface area contributed by atoms with E-state index in [1.54, 1.807) is 18.2 Å². The van der Waals surface area contributed by atoms with Gasteiger partial charge in [0.1, 0.15) is 18.5 Å². The Morgan fingerprint density at radius 3 is 2.75 bits per heavy atom. The first kappa shape index (κ1) is 12.5. The Morgan fingerprint density at radius 1 is 1.44 bits per heavy atom. The third kappa shape index (κ3) is 3.55. The number of ether oxygens (including phenoxy) is 2. The van der Waals surface area contributed by atoms with Crippen molar-refractivity contribution in [3.8, 4) is 5.75 Å². The summed E-state index contributed by atoms with van der Waals surface area (Å²) >= 11 is 0. The van der Waals surface area contributed by atoms with E-state index in [9.17, 15) is 9.90 Å². The third-order valence-corrected chi connectivity index (χ3v) is 2.02. The van der Waals surface area contributed by atoms with Crippen molar-refractivity contribution in [3.05, 3.63) is 29.8 Å². The second kappa shape index (κ2) is 6.12. The highest BCUT2D eigenvalue weighted by molar-refractivity contribution is 5.65. The second-order valence-electron chi connectivity index (χ2n) is 3.29. The lowest BCUT2D eigenvalue weighted by atomic mass is 10.1. The maximum Gasteiger partial charge on any atom is 0.302 e. The van der Waals surface area contributed by atoms with Crippen LogP contribution in [0.1, 0.15) is 25.5 Å². The normalized spacial score (nSPS) is 11.9. The van der Waals surface area contributed by atoms with Gasteiger partial charge in [0.2, 0.25) is 0 Å². The topological polar surface area (TPSA) is 55.8 Å². The first-order valence-electron chi connectivity index (χ1n) is 5.18. The zero-order valence-electron chi connectivity index (χ0n) is 9.47. The van der Waals surface area contributed by atoms with Gasteiger partial charge in [-0.15, -0.1) is 0 Å². The number of aliphatic hydroxyl groups is 1. The molecule has 16 heavy (non-hydrogen) atoms. The van der Waals surface area contributed by atoms with Crippen LogP contribution >= 0.6 is 0 Å². The van der Waals surface area contributed by atoms with Crippen LogP contribution < -0.4 is 4.74 Å². The standard InChI is InChI=1S/C12H16O4/c1-3-15-12-7-5-4-6-10(12)11(14)8-16-9(2)13/h4-7,11,14H,3,8H2,1-2H3. The van der Waals surface area contributed by atoms with Crippen LogP contribution in [0.3, 0.4) is 0 Å². The van der Waals surface area contributed by atoms with E-state index in [1.807, 2.05) is 13.0 Å². The molecule has 0 fully saturated rings. The first-order chi connectivity index (χ1) is 7.65. The summed E-state index contributed by atoms with van der Waals surface area (Å²) in [5.41, 5.74) is 0.630. The Morgan fingerprint density at radius 2 is 2.12 bits per heavy atom. The van der Waals surface area contributed by atoms with Crippen molar-refractivity contribution in [2.75, 3.05) is 13.2 Å². The van der Waals surface area contributed by atoms with Crippen molar-refractivity contribution >= 4 is 5.97 Å². The van der Waals surface area contributed by atoms with Gasteiger partial charge in [-0.2, -0.15) is 0 Å². The zero-order valence-corrected chi connectivity index (χ0v) is 9.47. The molecule has 1 atom stereocenters. The highest BCUT2D eigenvalue weighted by atomic mass is 16.5. The minimum atomic E-state index is -0.855. The van der Waals surface area contributed by atoms with Gasteiger partial charge in [0.25, 0.3) is 0 Å². The molecular weight excluding hydrogens is 208 g/mol. The average molecular weight is 224 g/mol. The minimum Gasteiger partial charge on any atom is -0.493 e. The SMILES string of the molecule is CCOc1ccccc1C(O)COC(C)=O. The Kier molecular flexibility index (Phi) is 4.79. The maximum absolute atomic E-state index is 10.6. The molecule has 0 heterocycles. The molecule has 1 rings (SSSR count). The van der Waals surface area contributed by atoms with E-state index in [0.717, 1.165) is 0 Å². The van der Waals surface area contributed by atoms with Gasteiger partial charge in [-0.3, -0.25) is 4.79 Å². The zero-order chi connectivity index (χ0) is 12.0. The van der Waals surface area contributed by atoms with E-state index in [1.165, 1.54) is 6.92 Å². The van der Waals surface area contributed by atoms with Crippen molar-refractivity contribution in [2.45, 2.75) is 20.0 Å². The van der Waals surface area contributed by atoms with Gasteiger partial charge >= 0.3 is 5.97 Å². The van der Waals surface area contributed by atoms with E-state index in [2.05, 4.69) is 0 Å². The second-order valence-corrected chi connectivity index (χ2v) is 3.29. The Bertz CT molecular complexity index is 349.